The normalized spacial score (nSPS) is 9.31. The third kappa shape index (κ3) is 3.44. The first-order valence-electron chi connectivity index (χ1n) is 4.58. The molecule has 1 N–H and O–H groups in total. The lowest BCUT2D eigenvalue weighted by Gasteiger charge is -2.05. The molecule has 0 saturated heterocycles. The molecule has 16 heavy (non-hydrogen) atoms. The van der Waals surface area contributed by atoms with Gasteiger partial charge in [0.2, 0.25) is 5.91 Å². The van der Waals surface area contributed by atoms with E-state index < -0.39 is 5.82 Å². The summed E-state index contributed by atoms with van der Waals surface area (Å²) in [5.41, 5.74) is 0.995. The van der Waals surface area contributed by atoms with Crippen molar-refractivity contribution in [1.82, 2.24) is 5.32 Å². The van der Waals surface area contributed by atoms with Crippen LogP contribution in [0, 0.1) is 18.2 Å². The van der Waals surface area contributed by atoms with Crippen LogP contribution in [0.2, 0.25) is 0 Å². The van der Waals surface area contributed by atoms with Crippen molar-refractivity contribution in [3.8, 4) is 12.3 Å². The van der Waals surface area contributed by atoms with E-state index in [4.69, 9.17) is 18.6 Å². The van der Waals surface area contributed by atoms with E-state index >= 15 is 0 Å². The number of thiocarbonyl (C=S) groups is 1. The maximum absolute atomic E-state index is 12.9. The van der Waals surface area contributed by atoms with E-state index in [0.717, 1.165) is 0 Å². The average Bonchev–Trinajstić information content (AvgIpc) is 2.19. The molecule has 0 heterocycles. The minimum Gasteiger partial charge on any atom is -0.320 e. The SMILES string of the molecule is C#Cc1cc(F)ccc1CC(=O)NC(C)=S. The number of carbonyl (C=O) groups is 1. The minimum absolute atomic E-state index is 0.0911. The van der Waals surface area contributed by atoms with Crippen molar-refractivity contribution in [3.63, 3.8) is 0 Å². The molecule has 1 aromatic rings. The number of rotatable bonds is 2. The van der Waals surface area contributed by atoms with Crippen LogP contribution in [0.5, 0.6) is 0 Å². The minimum atomic E-state index is -0.414. The number of carbonyl (C=O) groups excluding carboxylic acids is 1. The molecule has 0 aromatic heterocycles. The van der Waals surface area contributed by atoms with Crippen LogP contribution >= 0.6 is 12.2 Å². The highest BCUT2D eigenvalue weighted by atomic mass is 32.1. The lowest BCUT2D eigenvalue weighted by Crippen LogP contribution is -2.28. The predicted molar refractivity (Wildman–Crippen MR) is 64.5 cm³/mol. The molecule has 0 radical (unpaired) electrons. The summed E-state index contributed by atoms with van der Waals surface area (Å²) in [6.45, 7) is 1.61. The number of benzene rings is 1. The Hall–Kier alpha value is -1.73. The highest BCUT2D eigenvalue weighted by Gasteiger charge is 2.08. The fourth-order valence-corrected chi connectivity index (χ4v) is 1.36. The number of hydrogen-bond acceptors (Lipinski definition) is 2. The van der Waals surface area contributed by atoms with Gasteiger partial charge < -0.3 is 5.32 Å². The van der Waals surface area contributed by atoms with Crippen LogP contribution < -0.4 is 5.32 Å². The number of terminal acetylenes is 1. The molecule has 1 aromatic carbocycles. The quantitative estimate of drug-likeness (QED) is 0.625. The second-order valence-electron chi connectivity index (χ2n) is 3.23. The molecule has 1 amide bonds. The molecule has 0 aliphatic heterocycles. The molecule has 0 unspecified atom stereocenters. The van der Waals surface area contributed by atoms with Gasteiger partial charge in [0.15, 0.2) is 0 Å². The standard InChI is InChI=1S/C12H10FNOS/c1-3-9-6-11(13)5-4-10(9)7-12(15)14-8(2)16/h1,4-6H,7H2,2H3,(H,14,15,16). The molecule has 4 heteroatoms. The van der Waals surface area contributed by atoms with Gasteiger partial charge in [-0.05, 0) is 24.6 Å². The van der Waals surface area contributed by atoms with Gasteiger partial charge in [0.1, 0.15) is 5.82 Å². The van der Waals surface area contributed by atoms with E-state index in [1.165, 1.54) is 18.2 Å². The second kappa shape index (κ2) is 5.38. The van der Waals surface area contributed by atoms with Crippen LogP contribution in [-0.4, -0.2) is 10.9 Å². The molecule has 0 saturated carbocycles. The predicted octanol–water partition coefficient (Wildman–Crippen LogP) is 1.81. The van der Waals surface area contributed by atoms with E-state index in [0.29, 0.717) is 16.1 Å². The Morgan fingerprint density at radius 1 is 1.62 bits per heavy atom. The van der Waals surface area contributed by atoms with Gasteiger partial charge in [-0.3, -0.25) is 4.79 Å². The Kier molecular flexibility index (Phi) is 4.15. The van der Waals surface area contributed by atoms with E-state index in [-0.39, 0.29) is 12.3 Å². The van der Waals surface area contributed by atoms with Crippen LogP contribution in [0.15, 0.2) is 18.2 Å². The Morgan fingerprint density at radius 2 is 2.31 bits per heavy atom. The Labute approximate surface area is 98.9 Å². The fourth-order valence-electron chi connectivity index (χ4n) is 1.25. The number of amides is 1. The number of hydrogen-bond donors (Lipinski definition) is 1. The molecule has 0 fully saturated rings. The monoisotopic (exact) mass is 235 g/mol. The molecule has 0 aliphatic rings. The van der Waals surface area contributed by atoms with Crippen molar-refractivity contribution in [1.29, 1.82) is 0 Å². The summed E-state index contributed by atoms with van der Waals surface area (Å²) in [4.78, 5) is 11.8. The van der Waals surface area contributed by atoms with Crippen LogP contribution in [0.4, 0.5) is 4.39 Å². The zero-order valence-corrected chi connectivity index (χ0v) is 9.53. The Bertz CT molecular complexity index is 476. The summed E-state index contributed by atoms with van der Waals surface area (Å²) in [5, 5.41) is 2.49. The van der Waals surface area contributed by atoms with E-state index in [1.54, 1.807) is 6.92 Å². The topological polar surface area (TPSA) is 29.1 Å². The maximum atomic E-state index is 12.9. The number of halogens is 1. The Morgan fingerprint density at radius 3 is 2.88 bits per heavy atom. The first kappa shape index (κ1) is 12.3. The van der Waals surface area contributed by atoms with Gasteiger partial charge in [0.25, 0.3) is 0 Å². The molecule has 0 spiro atoms. The van der Waals surface area contributed by atoms with E-state index in [1.807, 2.05) is 0 Å². The molecule has 0 atom stereocenters. The van der Waals surface area contributed by atoms with Crippen molar-refractivity contribution in [3.05, 3.63) is 35.1 Å². The first-order valence-corrected chi connectivity index (χ1v) is 4.99. The molecule has 0 bridgehead atoms. The van der Waals surface area contributed by atoms with Crippen LogP contribution in [0.3, 0.4) is 0 Å². The van der Waals surface area contributed by atoms with Gasteiger partial charge in [0, 0.05) is 5.56 Å². The van der Waals surface area contributed by atoms with Gasteiger partial charge >= 0.3 is 0 Å². The van der Waals surface area contributed by atoms with Crippen LogP contribution in [0.1, 0.15) is 18.1 Å². The molecule has 82 valence electrons. The van der Waals surface area contributed by atoms with Crippen molar-refractivity contribution in [2.24, 2.45) is 0 Å². The summed E-state index contributed by atoms with van der Waals surface area (Å²) in [6.07, 6.45) is 5.31. The zero-order valence-electron chi connectivity index (χ0n) is 8.71. The van der Waals surface area contributed by atoms with Gasteiger partial charge in [0.05, 0.1) is 11.4 Å². The average molecular weight is 235 g/mol. The van der Waals surface area contributed by atoms with Gasteiger partial charge in [-0.2, -0.15) is 0 Å². The molecule has 1 rings (SSSR count). The smallest absolute Gasteiger partial charge is 0.229 e. The van der Waals surface area contributed by atoms with Gasteiger partial charge in [-0.15, -0.1) is 6.42 Å². The second-order valence-corrected chi connectivity index (χ2v) is 3.84. The summed E-state index contributed by atoms with van der Waals surface area (Å²) in [6, 6.07) is 4.00. The Balaban J connectivity index is 2.86. The fraction of sp³-hybridized carbons (Fsp3) is 0.167. The summed E-state index contributed by atoms with van der Waals surface area (Å²) < 4.78 is 12.9. The molecular formula is C12H10FNOS. The largest absolute Gasteiger partial charge is 0.320 e. The zero-order chi connectivity index (χ0) is 12.1. The van der Waals surface area contributed by atoms with Crippen molar-refractivity contribution in [2.75, 3.05) is 0 Å². The summed E-state index contributed by atoms with van der Waals surface area (Å²) in [5.74, 6) is 1.67. The summed E-state index contributed by atoms with van der Waals surface area (Å²) in [7, 11) is 0. The first-order chi connectivity index (χ1) is 7.52. The number of nitrogens with one attached hydrogen (secondary N) is 1. The van der Waals surface area contributed by atoms with Crippen LogP contribution in [0.25, 0.3) is 0 Å². The molecule has 0 aliphatic carbocycles. The van der Waals surface area contributed by atoms with Crippen molar-refractivity contribution >= 4 is 23.1 Å². The molecular weight excluding hydrogens is 225 g/mol. The van der Waals surface area contributed by atoms with E-state index in [9.17, 15) is 9.18 Å². The highest BCUT2D eigenvalue weighted by Crippen LogP contribution is 2.10. The van der Waals surface area contributed by atoms with Gasteiger partial charge in [-0.25, -0.2) is 4.39 Å². The van der Waals surface area contributed by atoms with Crippen molar-refractivity contribution < 1.29 is 9.18 Å². The maximum Gasteiger partial charge on any atom is 0.229 e. The lowest BCUT2D eigenvalue weighted by molar-refractivity contribution is -0.119. The lowest BCUT2D eigenvalue weighted by atomic mass is 10.0. The van der Waals surface area contributed by atoms with Crippen LogP contribution in [-0.2, 0) is 11.2 Å². The third-order valence-corrected chi connectivity index (χ3v) is 2.00. The third-order valence-electron chi connectivity index (χ3n) is 1.89. The van der Waals surface area contributed by atoms with Gasteiger partial charge in [-0.1, -0.05) is 24.2 Å². The highest BCUT2D eigenvalue weighted by molar-refractivity contribution is 7.80. The van der Waals surface area contributed by atoms with Crippen molar-refractivity contribution in [2.45, 2.75) is 13.3 Å². The summed E-state index contributed by atoms with van der Waals surface area (Å²) >= 11 is 4.74. The van der Waals surface area contributed by atoms with E-state index in [2.05, 4.69) is 11.2 Å². The molecule has 2 nitrogen and oxygen atoms in total.